The molecule has 21 heteroatoms. The van der Waals surface area contributed by atoms with Gasteiger partial charge in [0.2, 0.25) is 0 Å². The van der Waals surface area contributed by atoms with Crippen LogP contribution in [0.5, 0.6) is 0 Å². The minimum atomic E-state index is -0.750. The predicted octanol–water partition coefficient (Wildman–Crippen LogP) is 7.21. The van der Waals surface area contributed by atoms with Crippen molar-refractivity contribution in [2.24, 2.45) is 14.1 Å². The van der Waals surface area contributed by atoms with Gasteiger partial charge in [0.15, 0.2) is 21.3 Å². The maximum absolute atomic E-state index is 13.2. The number of ether oxygens (including phenoxy) is 2. The second kappa shape index (κ2) is 25.6. The van der Waals surface area contributed by atoms with E-state index in [2.05, 4.69) is 30.4 Å². The standard InChI is InChI=1S/C19H19FN4O2S2.C16H15ClFNO2S.C4H9O.C3H5N3S.K/c1-19(2,3)26-17(25)16-14(27-13-7-5-12(20)6-8-13)9-10-15(22-16)28-18-23-21-11-24(18)4;1-16(2,3)21-15(20)14-12(8-9-13(17)19-14)22-11-6-4-10(18)5-7-11;1-4(2,3)5;1-6-2-4-5-3(6)7;/h5-11H,1-4H3;4-9H,1-3H3;1-3H3;2H,1H3,(H,5,7);/q;;-1;;+1. The molecule has 4 heterocycles. The van der Waals surface area contributed by atoms with E-state index in [0.29, 0.717) is 24.7 Å². The summed E-state index contributed by atoms with van der Waals surface area (Å²) in [6, 6.07) is 18.9. The van der Waals surface area contributed by atoms with Gasteiger partial charge in [-0.05, 0) is 138 Å². The molecule has 4 aromatic heterocycles. The van der Waals surface area contributed by atoms with E-state index in [-0.39, 0.29) is 79.6 Å². The van der Waals surface area contributed by atoms with Crippen molar-refractivity contribution in [3.63, 3.8) is 0 Å². The average Bonchev–Trinajstić information content (AvgIpc) is 3.74. The number of pyridine rings is 2. The fourth-order valence-corrected chi connectivity index (χ4v) is 6.80. The summed E-state index contributed by atoms with van der Waals surface area (Å²) in [4.78, 5) is 36.4. The Morgan fingerprint density at radius 2 is 1.14 bits per heavy atom. The molecule has 1 N–H and O–H groups in total. The van der Waals surface area contributed by atoms with Gasteiger partial charge in [-0.25, -0.2) is 28.3 Å². The van der Waals surface area contributed by atoms with Gasteiger partial charge < -0.3 is 23.7 Å². The summed E-state index contributed by atoms with van der Waals surface area (Å²) < 4.78 is 41.1. The number of aryl methyl sites for hydroxylation is 2. The van der Waals surface area contributed by atoms with Gasteiger partial charge in [0.05, 0.1) is 0 Å². The molecule has 0 saturated heterocycles. The van der Waals surface area contributed by atoms with E-state index < -0.39 is 28.7 Å². The van der Waals surface area contributed by atoms with Crippen LogP contribution in [0.15, 0.2) is 115 Å². The third-order valence-corrected chi connectivity index (χ3v) is 10.2. The van der Waals surface area contributed by atoms with E-state index in [1.807, 2.05) is 14.1 Å². The number of nitrogens with zero attached hydrogens (tertiary/aromatic N) is 7. The second-order valence-corrected chi connectivity index (χ2v) is 19.8. The fraction of sp³-hybridized carbons (Fsp3) is 0.333. The molecule has 0 saturated carbocycles. The van der Waals surface area contributed by atoms with E-state index in [0.717, 1.165) is 9.79 Å². The first-order valence-electron chi connectivity index (χ1n) is 18.6. The molecule has 0 aliphatic rings. The number of esters is 2. The largest absolute Gasteiger partial charge is 1.00 e. The molecule has 0 aliphatic heterocycles. The second-order valence-electron chi connectivity index (χ2n) is 15.8. The minimum absolute atomic E-state index is 0. The molecule has 0 bridgehead atoms. The smallest absolute Gasteiger partial charge is 0.850 e. The zero-order valence-corrected chi connectivity index (χ0v) is 44.2. The van der Waals surface area contributed by atoms with Crippen LogP contribution in [0.4, 0.5) is 8.78 Å². The number of H-pyrrole nitrogens is 1. The molecule has 0 atom stereocenters. The Bertz CT molecular complexity index is 2450. The van der Waals surface area contributed by atoms with Crippen molar-refractivity contribution in [1.29, 1.82) is 0 Å². The van der Waals surface area contributed by atoms with Crippen molar-refractivity contribution >= 4 is 71.0 Å². The topological polar surface area (TPSA) is 166 Å². The van der Waals surface area contributed by atoms with Gasteiger partial charge in [0.1, 0.15) is 45.7 Å². The minimum Gasteiger partial charge on any atom is -0.850 e. The maximum Gasteiger partial charge on any atom is 1.00 e. The van der Waals surface area contributed by atoms with Gasteiger partial charge >= 0.3 is 63.3 Å². The molecule has 6 aromatic rings. The van der Waals surface area contributed by atoms with Crippen LogP contribution in [0.3, 0.4) is 0 Å². The first-order valence-corrected chi connectivity index (χ1v) is 21.8. The van der Waals surface area contributed by atoms with E-state index in [1.165, 1.54) is 59.6 Å². The van der Waals surface area contributed by atoms with Crippen LogP contribution in [0.1, 0.15) is 83.3 Å². The number of hydrogen-bond donors (Lipinski definition) is 1. The normalized spacial score (nSPS) is 11.0. The number of carbonyl (C=O) groups excluding carboxylic acids is 2. The number of nitrogens with one attached hydrogen (secondary N) is 1. The molecule has 2 aromatic carbocycles. The number of rotatable bonds is 8. The van der Waals surface area contributed by atoms with Crippen LogP contribution in [-0.2, 0) is 23.6 Å². The average molecular weight is 986 g/mol. The number of halogens is 3. The number of aromatic nitrogens is 8. The number of aromatic amines is 1. The van der Waals surface area contributed by atoms with Gasteiger partial charge in [-0.3, -0.25) is 5.10 Å². The van der Waals surface area contributed by atoms with Crippen molar-refractivity contribution in [3.05, 3.63) is 118 Å². The van der Waals surface area contributed by atoms with Gasteiger partial charge in [-0.1, -0.05) is 55.9 Å². The molecule has 6 rings (SSSR count). The van der Waals surface area contributed by atoms with Crippen molar-refractivity contribution in [2.45, 2.75) is 109 Å². The van der Waals surface area contributed by atoms with Crippen LogP contribution in [-0.4, -0.2) is 68.2 Å². The number of hydrogen-bond acceptors (Lipinski definition) is 14. The fourth-order valence-electron chi connectivity index (χ4n) is 4.04. The van der Waals surface area contributed by atoms with E-state index >= 15 is 0 Å². The van der Waals surface area contributed by atoms with Crippen LogP contribution in [0, 0.1) is 16.4 Å². The zero-order valence-electron chi connectivity index (χ0n) is 37.0. The first kappa shape index (κ1) is 56.1. The quantitative estimate of drug-likeness (QED) is 0.0704. The summed E-state index contributed by atoms with van der Waals surface area (Å²) >= 11 is 14.5. The summed E-state index contributed by atoms with van der Waals surface area (Å²) in [5.74, 6) is -1.69. The van der Waals surface area contributed by atoms with Gasteiger partial charge in [-0.15, -0.1) is 15.8 Å². The predicted molar refractivity (Wildman–Crippen MR) is 238 cm³/mol. The monoisotopic (exact) mass is 984 g/mol. The Balaban J connectivity index is 0.000000344. The summed E-state index contributed by atoms with van der Waals surface area (Å²) in [5.41, 5.74) is -1.67. The molecule has 0 fully saturated rings. The van der Waals surface area contributed by atoms with Gasteiger partial charge in [0, 0.05) is 33.7 Å². The molecule has 63 heavy (non-hydrogen) atoms. The van der Waals surface area contributed by atoms with Crippen molar-refractivity contribution in [1.82, 2.24) is 39.5 Å². The Morgan fingerprint density at radius 3 is 1.51 bits per heavy atom. The molecular formula is C42H48ClF2KN8O5S4. The molecule has 0 radical (unpaired) electrons. The van der Waals surface area contributed by atoms with Gasteiger partial charge in [0.25, 0.3) is 0 Å². The molecule has 0 unspecified atom stereocenters. The Morgan fingerprint density at radius 1 is 0.698 bits per heavy atom. The third-order valence-electron chi connectivity index (χ3n) is 6.50. The Hall–Kier alpha value is -3.02. The van der Waals surface area contributed by atoms with Crippen molar-refractivity contribution in [3.8, 4) is 0 Å². The zero-order chi connectivity index (χ0) is 46.4. The van der Waals surface area contributed by atoms with Crippen LogP contribution in [0.2, 0.25) is 5.15 Å². The van der Waals surface area contributed by atoms with Crippen molar-refractivity contribution < 1.29 is 84.3 Å². The Kier molecular flexibility index (Phi) is 22.8. The summed E-state index contributed by atoms with van der Waals surface area (Å²) in [6.45, 7) is 15.6. The molecule has 0 amide bonds. The van der Waals surface area contributed by atoms with Crippen molar-refractivity contribution in [2.75, 3.05) is 0 Å². The molecule has 0 aliphatic carbocycles. The summed E-state index contributed by atoms with van der Waals surface area (Å²) in [6.07, 6.45) is 3.22. The number of benzene rings is 2. The van der Waals surface area contributed by atoms with Crippen LogP contribution in [0.25, 0.3) is 0 Å². The SMILES string of the molecule is CC(C)(C)OC(=O)c1nc(Cl)ccc1Sc1ccc(F)cc1.CC(C)(C)[O-].Cn1cn[nH]c1=S.Cn1cnnc1Sc1ccc(Sc2ccc(F)cc2)c(C(=O)OC(C)(C)C)n1.[K+]. The van der Waals surface area contributed by atoms with E-state index in [1.54, 1.807) is 133 Å². The molecular weight excluding hydrogens is 937 g/mol. The summed E-state index contributed by atoms with van der Waals surface area (Å²) in [7, 11) is 3.67. The molecule has 332 valence electrons. The van der Waals surface area contributed by atoms with Gasteiger partial charge in [-0.2, -0.15) is 5.10 Å². The number of carbonyl (C=O) groups is 2. The molecule has 13 nitrogen and oxygen atoms in total. The maximum atomic E-state index is 13.2. The first-order chi connectivity index (χ1) is 28.8. The van der Waals surface area contributed by atoms with E-state index in [9.17, 15) is 23.5 Å². The van der Waals surface area contributed by atoms with Crippen LogP contribution < -0.4 is 56.5 Å². The third kappa shape index (κ3) is 22.1. The van der Waals surface area contributed by atoms with Crippen LogP contribution >= 0.6 is 59.1 Å². The molecule has 0 spiro atoms. The Labute approximate surface area is 431 Å². The summed E-state index contributed by atoms with van der Waals surface area (Å²) in [5, 5.41) is 25.7. The van der Waals surface area contributed by atoms with E-state index in [4.69, 9.17) is 33.3 Å².